The van der Waals surface area contributed by atoms with Crippen molar-refractivity contribution >= 4 is 23.5 Å². The molecule has 1 atom stereocenters. The number of benzene rings is 1. The second kappa shape index (κ2) is 8.34. The fourth-order valence-electron chi connectivity index (χ4n) is 2.80. The fraction of sp³-hybridized carbons (Fsp3) is 0.529. The normalized spacial score (nSPS) is 17.3. The molecule has 0 aliphatic carbocycles. The van der Waals surface area contributed by atoms with E-state index in [4.69, 9.17) is 5.73 Å². The molecule has 2 rings (SSSR count). The van der Waals surface area contributed by atoms with E-state index < -0.39 is 6.04 Å². The number of carbonyl (C=O) groups excluding carboxylic acids is 2. The molecule has 120 valence electrons. The Balaban J connectivity index is 1.85. The number of rotatable bonds is 6. The van der Waals surface area contributed by atoms with Gasteiger partial charge in [-0.15, -0.1) is 0 Å². The number of likely N-dealkylation sites (tertiary alicyclic amines) is 1. The second-order valence-corrected chi connectivity index (χ2v) is 6.70. The van der Waals surface area contributed by atoms with E-state index in [2.05, 4.69) is 0 Å². The molecular weight excluding hydrogens is 296 g/mol. The minimum atomic E-state index is -0.408. The van der Waals surface area contributed by atoms with E-state index in [1.165, 1.54) is 0 Å². The molecule has 1 aliphatic rings. The summed E-state index contributed by atoms with van der Waals surface area (Å²) in [4.78, 5) is 26.5. The number of nitrogens with two attached hydrogens (primary N) is 1. The molecule has 1 aliphatic heterocycles. The molecule has 0 bridgehead atoms. The van der Waals surface area contributed by atoms with E-state index in [9.17, 15) is 9.59 Å². The Kier molecular flexibility index (Phi) is 6.46. The zero-order valence-corrected chi connectivity index (χ0v) is 13.8. The standard InChI is InChI=1S/C17H24N2O2S/c1-22-12-9-15(18)17(21)19-10-7-14(8-11-19)16(20)13-5-3-2-4-6-13/h2-6,14-15H,7-12,18H2,1H3/t15-/m0/s1. The van der Waals surface area contributed by atoms with Gasteiger partial charge < -0.3 is 10.6 Å². The summed E-state index contributed by atoms with van der Waals surface area (Å²) in [5, 5.41) is 0. The number of hydrogen-bond acceptors (Lipinski definition) is 4. The average Bonchev–Trinajstić information content (AvgIpc) is 2.59. The molecule has 0 aromatic heterocycles. The van der Waals surface area contributed by atoms with Crippen LogP contribution < -0.4 is 5.73 Å². The minimum Gasteiger partial charge on any atom is -0.341 e. The quantitative estimate of drug-likeness (QED) is 0.816. The number of ketones is 1. The van der Waals surface area contributed by atoms with Crippen LogP contribution in [0.5, 0.6) is 0 Å². The molecule has 1 saturated heterocycles. The number of thioether (sulfide) groups is 1. The summed E-state index contributed by atoms with van der Waals surface area (Å²) in [5.74, 6) is 1.14. The van der Waals surface area contributed by atoms with E-state index >= 15 is 0 Å². The predicted octanol–water partition coefficient (Wildman–Crippen LogP) is 2.19. The zero-order valence-electron chi connectivity index (χ0n) is 13.0. The smallest absolute Gasteiger partial charge is 0.239 e. The minimum absolute atomic E-state index is 0.0221. The molecule has 5 heteroatoms. The topological polar surface area (TPSA) is 63.4 Å². The van der Waals surface area contributed by atoms with E-state index in [0.29, 0.717) is 19.5 Å². The highest BCUT2D eigenvalue weighted by Gasteiger charge is 2.29. The Morgan fingerprint density at radius 2 is 1.91 bits per heavy atom. The highest BCUT2D eigenvalue weighted by molar-refractivity contribution is 7.98. The Morgan fingerprint density at radius 1 is 1.27 bits per heavy atom. The summed E-state index contributed by atoms with van der Waals surface area (Å²) >= 11 is 1.70. The lowest BCUT2D eigenvalue weighted by Crippen LogP contribution is -2.48. The largest absolute Gasteiger partial charge is 0.341 e. The van der Waals surface area contributed by atoms with Gasteiger partial charge in [0.2, 0.25) is 5.91 Å². The number of Topliss-reactive ketones (excluding diaryl/α,β-unsaturated/α-hetero) is 1. The van der Waals surface area contributed by atoms with Gasteiger partial charge in [0.1, 0.15) is 0 Å². The third kappa shape index (κ3) is 4.34. The van der Waals surface area contributed by atoms with Gasteiger partial charge in [-0.3, -0.25) is 9.59 Å². The van der Waals surface area contributed by atoms with Crippen molar-refractivity contribution in [1.29, 1.82) is 0 Å². The van der Waals surface area contributed by atoms with Crippen LogP contribution in [0.1, 0.15) is 29.6 Å². The summed E-state index contributed by atoms with van der Waals surface area (Å²) in [6, 6.07) is 8.99. The maximum atomic E-state index is 12.4. The van der Waals surface area contributed by atoms with Crippen LogP contribution in [0, 0.1) is 5.92 Å². The van der Waals surface area contributed by atoms with Crippen molar-refractivity contribution in [2.45, 2.75) is 25.3 Å². The first-order chi connectivity index (χ1) is 10.6. The van der Waals surface area contributed by atoms with Gasteiger partial charge >= 0.3 is 0 Å². The molecule has 2 N–H and O–H groups in total. The van der Waals surface area contributed by atoms with Crippen molar-refractivity contribution in [3.05, 3.63) is 35.9 Å². The highest BCUT2D eigenvalue weighted by Crippen LogP contribution is 2.22. The second-order valence-electron chi connectivity index (χ2n) is 5.72. The van der Waals surface area contributed by atoms with Gasteiger partial charge in [-0.1, -0.05) is 30.3 Å². The van der Waals surface area contributed by atoms with Crippen molar-refractivity contribution in [3.8, 4) is 0 Å². The summed E-state index contributed by atoms with van der Waals surface area (Å²) in [6.45, 7) is 1.27. The maximum absolute atomic E-state index is 12.4. The van der Waals surface area contributed by atoms with E-state index in [-0.39, 0.29) is 17.6 Å². The molecule has 0 saturated carbocycles. The molecule has 22 heavy (non-hydrogen) atoms. The first kappa shape index (κ1) is 17.0. The molecule has 0 unspecified atom stereocenters. The Labute approximate surface area is 136 Å². The summed E-state index contributed by atoms with van der Waals surface area (Å²) in [7, 11) is 0. The number of amides is 1. The lowest BCUT2D eigenvalue weighted by atomic mass is 9.88. The van der Waals surface area contributed by atoms with Crippen LogP contribution in [0.2, 0.25) is 0 Å². The molecular formula is C17H24N2O2S. The maximum Gasteiger partial charge on any atom is 0.239 e. The molecule has 1 aromatic carbocycles. The van der Waals surface area contributed by atoms with Gasteiger partial charge in [0.15, 0.2) is 5.78 Å². The van der Waals surface area contributed by atoms with Crippen molar-refractivity contribution in [2.75, 3.05) is 25.1 Å². The monoisotopic (exact) mass is 320 g/mol. The fourth-order valence-corrected chi connectivity index (χ4v) is 3.29. The number of hydrogen-bond donors (Lipinski definition) is 1. The van der Waals surface area contributed by atoms with Crippen molar-refractivity contribution in [1.82, 2.24) is 4.90 Å². The summed E-state index contributed by atoms with van der Waals surface area (Å²) in [6.07, 6.45) is 4.18. The molecule has 4 nitrogen and oxygen atoms in total. The van der Waals surface area contributed by atoms with Gasteiger partial charge in [-0.05, 0) is 31.3 Å². The number of nitrogens with zero attached hydrogens (tertiary/aromatic N) is 1. The SMILES string of the molecule is CSCC[C@H](N)C(=O)N1CCC(C(=O)c2ccccc2)CC1. The third-order valence-corrected chi connectivity index (χ3v) is 4.83. The molecule has 1 fully saturated rings. The lowest BCUT2D eigenvalue weighted by molar-refractivity contribution is -0.133. The third-order valence-electron chi connectivity index (χ3n) is 4.19. The van der Waals surface area contributed by atoms with Gasteiger partial charge in [0.25, 0.3) is 0 Å². The Morgan fingerprint density at radius 3 is 2.50 bits per heavy atom. The molecule has 1 aromatic rings. The van der Waals surface area contributed by atoms with Crippen molar-refractivity contribution in [2.24, 2.45) is 11.7 Å². The summed E-state index contributed by atoms with van der Waals surface area (Å²) < 4.78 is 0. The van der Waals surface area contributed by atoms with Crippen LogP contribution in [0.25, 0.3) is 0 Å². The van der Waals surface area contributed by atoms with Crippen LogP contribution in [0.3, 0.4) is 0 Å². The zero-order chi connectivity index (χ0) is 15.9. The average molecular weight is 320 g/mol. The predicted molar refractivity (Wildman–Crippen MR) is 91.1 cm³/mol. The summed E-state index contributed by atoms with van der Waals surface area (Å²) in [5.41, 5.74) is 6.72. The van der Waals surface area contributed by atoms with E-state index in [1.54, 1.807) is 11.8 Å². The number of carbonyl (C=O) groups is 2. The molecule has 1 amide bonds. The van der Waals surface area contributed by atoms with Crippen LogP contribution in [-0.4, -0.2) is 47.7 Å². The van der Waals surface area contributed by atoms with Gasteiger partial charge in [-0.2, -0.15) is 11.8 Å². The van der Waals surface area contributed by atoms with Gasteiger partial charge in [0.05, 0.1) is 6.04 Å². The Hall–Kier alpha value is -1.33. The van der Waals surface area contributed by atoms with Crippen molar-refractivity contribution in [3.63, 3.8) is 0 Å². The van der Waals surface area contributed by atoms with Crippen LogP contribution in [0.15, 0.2) is 30.3 Å². The van der Waals surface area contributed by atoms with Crippen LogP contribution in [0.4, 0.5) is 0 Å². The van der Waals surface area contributed by atoms with Gasteiger partial charge in [-0.25, -0.2) is 0 Å². The van der Waals surface area contributed by atoms with Crippen molar-refractivity contribution < 1.29 is 9.59 Å². The van der Waals surface area contributed by atoms with Gasteiger partial charge in [0, 0.05) is 24.6 Å². The lowest BCUT2D eigenvalue weighted by Gasteiger charge is -2.33. The number of piperidine rings is 1. The molecule has 0 radical (unpaired) electrons. The highest BCUT2D eigenvalue weighted by atomic mass is 32.2. The molecule has 1 heterocycles. The van der Waals surface area contributed by atoms with E-state index in [0.717, 1.165) is 24.2 Å². The van der Waals surface area contributed by atoms with Crippen LogP contribution in [-0.2, 0) is 4.79 Å². The molecule has 0 spiro atoms. The Bertz CT molecular complexity index is 499. The van der Waals surface area contributed by atoms with E-state index in [1.807, 2.05) is 41.5 Å². The van der Waals surface area contributed by atoms with Crippen LogP contribution >= 0.6 is 11.8 Å². The first-order valence-electron chi connectivity index (χ1n) is 7.76. The first-order valence-corrected chi connectivity index (χ1v) is 9.15.